The van der Waals surface area contributed by atoms with Crippen molar-refractivity contribution in [1.29, 1.82) is 0 Å². The molecule has 0 saturated heterocycles. The summed E-state index contributed by atoms with van der Waals surface area (Å²) in [5, 5.41) is 3.33. The van der Waals surface area contributed by atoms with E-state index >= 15 is 0 Å². The van der Waals surface area contributed by atoms with Gasteiger partial charge in [0.1, 0.15) is 11.6 Å². The lowest BCUT2D eigenvalue weighted by Crippen LogP contribution is -2.14. The van der Waals surface area contributed by atoms with Gasteiger partial charge in [-0.3, -0.25) is 9.59 Å². The molecule has 0 aliphatic carbocycles. The Hall–Kier alpha value is -3.02. The van der Waals surface area contributed by atoms with Crippen molar-refractivity contribution in [3.63, 3.8) is 0 Å². The second-order valence-corrected chi connectivity index (χ2v) is 5.65. The van der Waals surface area contributed by atoms with Crippen molar-refractivity contribution in [2.24, 2.45) is 0 Å². The maximum atomic E-state index is 12.0. The molecular formula is C18H18N4O2. The predicted molar refractivity (Wildman–Crippen MR) is 92.9 cm³/mol. The normalized spacial score (nSPS) is 10.7. The van der Waals surface area contributed by atoms with Gasteiger partial charge in [0.2, 0.25) is 5.91 Å². The van der Waals surface area contributed by atoms with E-state index in [1.54, 1.807) is 18.3 Å². The minimum atomic E-state index is -0.149. The van der Waals surface area contributed by atoms with Crippen LogP contribution in [0, 0.1) is 6.92 Å². The zero-order chi connectivity index (χ0) is 16.9. The molecule has 0 aliphatic rings. The van der Waals surface area contributed by atoms with Crippen LogP contribution >= 0.6 is 0 Å². The van der Waals surface area contributed by atoms with Crippen LogP contribution in [0.4, 0.5) is 5.82 Å². The third-order valence-electron chi connectivity index (χ3n) is 3.66. The Labute approximate surface area is 139 Å². The molecule has 2 heterocycles. The Balaban J connectivity index is 1.57. The topological polar surface area (TPSA) is 87.7 Å². The summed E-state index contributed by atoms with van der Waals surface area (Å²) in [7, 11) is 0. The molecule has 2 N–H and O–H groups in total. The van der Waals surface area contributed by atoms with E-state index in [0.29, 0.717) is 41.8 Å². The number of amides is 1. The number of nitrogens with zero attached hydrogens (tertiary/aromatic N) is 2. The quantitative estimate of drug-likeness (QED) is 0.756. The van der Waals surface area contributed by atoms with E-state index in [1.165, 1.54) is 0 Å². The van der Waals surface area contributed by atoms with Gasteiger partial charge in [0, 0.05) is 19.0 Å². The van der Waals surface area contributed by atoms with Gasteiger partial charge in [-0.2, -0.15) is 0 Å². The first-order chi connectivity index (χ1) is 11.6. The number of rotatable bonds is 5. The van der Waals surface area contributed by atoms with Crippen LogP contribution in [0.5, 0.6) is 0 Å². The number of H-pyrrole nitrogens is 1. The first-order valence-electron chi connectivity index (χ1n) is 7.82. The van der Waals surface area contributed by atoms with Gasteiger partial charge in [0.25, 0.3) is 5.56 Å². The zero-order valence-corrected chi connectivity index (χ0v) is 13.4. The number of hydrogen-bond acceptors (Lipinski definition) is 4. The van der Waals surface area contributed by atoms with E-state index in [-0.39, 0.29) is 11.5 Å². The lowest BCUT2D eigenvalue weighted by atomic mass is 10.2. The maximum Gasteiger partial charge on any atom is 0.258 e. The minimum absolute atomic E-state index is 0.102. The van der Waals surface area contributed by atoms with Crippen LogP contribution in [0.25, 0.3) is 10.9 Å². The van der Waals surface area contributed by atoms with Crippen molar-refractivity contribution in [3.05, 3.63) is 64.3 Å². The summed E-state index contributed by atoms with van der Waals surface area (Å²) in [6.45, 7) is 1.94. The number of hydrogen-bond donors (Lipinski definition) is 2. The van der Waals surface area contributed by atoms with Gasteiger partial charge in [-0.05, 0) is 37.1 Å². The van der Waals surface area contributed by atoms with E-state index < -0.39 is 0 Å². The van der Waals surface area contributed by atoms with Crippen LogP contribution in [-0.2, 0) is 11.2 Å². The molecule has 0 fully saturated rings. The fourth-order valence-corrected chi connectivity index (χ4v) is 2.42. The van der Waals surface area contributed by atoms with Crippen LogP contribution < -0.4 is 10.9 Å². The highest BCUT2D eigenvalue weighted by Crippen LogP contribution is 2.08. The molecule has 0 aliphatic heterocycles. The highest BCUT2D eigenvalue weighted by molar-refractivity contribution is 5.89. The van der Waals surface area contributed by atoms with Crippen molar-refractivity contribution in [2.75, 3.05) is 5.32 Å². The zero-order valence-electron chi connectivity index (χ0n) is 13.4. The monoisotopic (exact) mass is 322 g/mol. The Morgan fingerprint density at radius 3 is 2.83 bits per heavy atom. The van der Waals surface area contributed by atoms with Crippen molar-refractivity contribution in [1.82, 2.24) is 15.0 Å². The average molecular weight is 322 g/mol. The van der Waals surface area contributed by atoms with E-state index in [0.717, 1.165) is 5.56 Å². The Morgan fingerprint density at radius 2 is 2.04 bits per heavy atom. The van der Waals surface area contributed by atoms with E-state index in [4.69, 9.17) is 0 Å². The van der Waals surface area contributed by atoms with Crippen LogP contribution in [0.15, 0.2) is 47.4 Å². The van der Waals surface area contributed by atoms with Crippen molar-refractivity contribution >= 4 is 22.6 Å². The van der Waals surface area contributed by atoms with Gasteiger partial charge in [-0.1, -0.05) is 18.2 Å². The van der Waals surface area contributed by atoms with Gasteiger partial charge in [-0.15, -0.1) is 0 Å². The second-order valence-electron chi connectivity index (χ2n) is 5.65. The minimum Gasteiger partial charge on any atom is -0.311 e. The van der Waals surface area contributed by atoms with E-state index in [9.17, 15) is 9.59 Å². The van der Waals surface area contributed by atoms with Crippen LogP contribution in [0.2, 0.25) is 0 Å². The number of aromatic amines is 1. The number of nitrogens with one attached hydrogen (secondary N) is 2. The summed E-state index contributed by atoms with van der Waals surface area (Å²) < 4.78 is 0. The van der Waals surface area contributed by atoms with Gasteiger partial charge in [0.05, 0.1) is 10.9 Å². The first-order valence-corrected chi connectivity index (χ1v) is 7.82. The van der Waals surface area contributed by atoms with Crippen molar-refractivity contribution in [2.45, 2.75) is 26.2 Å². The summed E-state index contributed by atoms with van der Waals surface area (Å²) in [5.41, 5.74) is 1.56. The fourth-order valence-electron chi connectivity index (χ4n) is 2.42. The first kappa shape index (κ1) is 15.9. The van der Waals surface area contributed by atoms with E-state index in [2.05, 4.69) is 20.3 Å². The predicted octanol–water partition coefficient (Wildman–Crippen LogP) is 2.59. The largest absolute Gasteiger partial charge is 0.311 e. The Kier molecular flexibility index (Phi) is 4.65. The number of pyridine rings is 1. The fraction of sp³-hybridized carbons (Fsp3) is 0.222. The van der Waals surface area contributed by atoms with Gasteiger partial charge in [0.15, 0.2) is 0 Å². The molecule has 6 heteroatoms. The summed E-state index contributed by atoms with van der Waals surface area (Å²) in [6, 6.07) is 10.9. The maximum absolute atomic E-state index is 12.0. The molecule has 24 heavy (non-hydrogen) atoms. The number of fused-ring (bicyclic) bond motifs is 1. The number of anilines is 1. The molecule has 0 unspecified atom stereocenters. The van der Waals surface area contributed by atoms with Gasteiger partial charge >= 0.3 is 0 Å². The molecule has 6 nitrogen and oxygen atoms in total. The molecule has 1 aromatic carbocycles. The summed E-state index contributed by atoms with van der Waals surface area (Å²) in [6.07, 6.45) is 3.18. The molecule has 0 bridgehead atoms. The smallest absolute Gasteiger partial charge is 0.258 e. The molecule has 0 spiro atoms. The standard InChI is InChI=1S/C18H18N4O2/c1-12-9-10-15(19-11-12)21-17(23)8-4-7-16-20-14-6-3-2-5-13(14)18(24)22-16/h2-3,5-6,9-11H,4,7-8H2,1H3,(H,19,21,23)(H,20,22,24). The number of aryl methyl sites for hydroxylation is 2. The van der Waals surface area contributed by atoms with Crippen molar-refractivity contribution < 1.29 is 4.79 Å². The lowest BCUT2D eigenvalue weighted by molar-refractivity contribution is -0.116. The average Bonchev–Trinajstić information content (AvgIpc) is 2.57. The molecule has 122 valence electrons. The summed E-state index contributed by atoms with van der Waals surface area (Å²) in [5.74, 6) is 1.04. The highest BCUT2D eigenvalue weighted by atomic mass is 16.1. The molecule has 3 aromatic rings. The molecule has 0 radical (unpaired) electrons. The number of para-hydroxylation sites is 1. The summed E-state index contributed by atoms with van der Waals surface area (Å²) in [4.78, 5) is 35.2. The molecule has 3 rings (SSSR count). The molecule has 0 saturated carbocycles. The molecule has 1 amide bonds. The molecule has 0 atom stereocenters. The number of carbonyl (C=O) groups excluding carboxylic acids is 1. The SMILES string of the molecule is Cc1ccc(NC(=O)CCCc2nc3ccccc3c(=O)[nH]2)nc1. The third kappa shape index (κ3) is 3.84. The lowest BCUT2D eigenvalue weighted by Gasteiger charge is -2.05. The molecular weight excluding hydrogens is 304 g/mol. The number of benzene rings is 1. The summed E-state index contributed by atoms with van der Waals surface area (Å²) >= 11 is 0. The van der Waals surface area contributed by atoms with Crippen LogP contribution in [0.3, 0.4) is 0 Å². The Bertz CT molecular complexity index is 916. The van der Waals surface area contributed by atoms with E-state index in [1.807, 2.05) is 31.2 Å². The Morgan fingerprint density at radius 1 is 1.21 bits per heavy atom. The van der Waals surface area contributed by atoms with Crippen molar-refractivity contribution in [3.8, 4) is 0 Å². The number of carbonyl (C=O) groups is 1. The van der Waals surface area contributed by atoms with Crippen LogP contribution in [0.1, 0.15) is 24.2 Å². The van der Waals surface area contributed by atoms with Gasteiger partial charge < -0.3 is 10.3 Å². The number of aromatic nitrogens is 3. The van der Waals surface area contributed by atoms with Crippen LogP contribution in [-0.4, -0.2) is 20.9 Å². The third-order valence-corrected chi connectivity index (χ3v) is 3.66. The molecule has 2 aromatic heterocycles. The van der Waals surface area contributed by atoms with Gasteiger partial charge in [-0.25, -0.2) is 9.97 Å². The highest BCUT2D eigenvalue weighted by Gasteiger charge is 2.06. The second kappa shape index (κ2) is 7.04.